The Morgan fingerprint density at radius 3 is 2.65 bits per heavy atom. The van der Waals surface area contributed by atoms with Crippen LogP contribution in [-0.2, 0) is 10.5 Å². The predicted octanol–water partition coefficient (Wildman–Crippen LogP) is 3.18. The summed E-state index contributed by atoms with van der Waals surface area (Å²) in [6, 6.07) is 0. The number of nitrogens with zero attached hydrogens (tertiary/aromatic N) is 2. The van der Waals surface area contributed by atoms with Crippen molar-refractivity contribution in [1.29, 1.82) is 0 Å². The number of ketones is 1. The molecule has 0 aliphatic carbocycles. The highest BCUT2D eigenvalue weighted by Gasteiger charge is 2.21. The lowest BCUT2D eigenvalue weighted by Crippen LogP contribution is -2.08. The van der Waals surface area contributed by atoms with E-state index in [4.69, 9.17) is 4.52 Å². The van der Waals surface area contributed by atoms with Crippen molar-refractivity contribution in [3.05, 3.63) is 11.7 Å². The zero-order valence-electron chi connectivity index (χ0n) is 10.9. The van der Waals surface area contributed by atoms with Gasteiger partial charge in [-0.2, -0.15) is 16.7 Å². The van der Waals surface area contributed by atoms with Gasteiger partial charge >= 0.3 is 0 Å². The lowest BCUT2D eigenvalue weighted by Gasteiger charge is -2.05. The molecular weight excluding hydrogens is 236 g/mol. The largest absolute Gasteiger partial charge is 0.339 e. The first-order valence-corrected chi connectivity index (χ1v) is 7.07. The van der Waals surface area contributed by atoms with Gasteiger partial charge in [0.25, 0.3) is 0 Å². The van der Waals surface area contributed by atoms with E-state index in [1.807, 2.05) is 6.92 Å². The molecule has 0 fully saturated rings. The molecule has 0 aromatic carbocycles. The average molecular weight is 256 g/mol. The minimum atomic E-state index is -0.246. The van der Waals surface area contributed by atoms with Crippen LogP contribution in [0.3, 0.4) is 0 Å². The average Bonchev–Trinajstić information content (AvgIpc) is 2.75. The number of carbonyl (C=O) groups is 1. The molecule has 1 rings (SSSR count). The minimum Gasteiger partial charge on any atom is -0.339 e. The molecular formula is C12H20N2O2S. The van der Waals surface area contributed by atoms with Gasteiger partial charge in [-0.3, -0.25) is 4.79 Å². The third-order valence-corrected chi connectivity index (χ3v) is 4.08. The summed E-state index contributed by atoms with van der Waals surface area (Å²) < 4.78 is 5.15. The lowest BCUT2D eigenvalue weighted by atomic mass is 10.0. The number of thioether (sulfide) groups is 1. The summed E-state index contributed by atoms with van der Waals surface area (Å²) in [5.74, 6) is 1.72. The lowest BCUT2D eigenvalue weighted by molar-refractivity contribution is -0.119. The van der Waals surface area contributed by atoms with Crippen molar-refractivity contribution in [2.75, 3.05) is 0 Å². The quantitative estimate of drug-likeness (QED) is 0.750. The van der Waals surface area contributed by atoms with Crippen molar-refractivity contribution in [3.8, 4) is 0 Å². The van der Waals surface area contributed by atoms with Crippen LogP contribution in [0.15, 0.2) is 4.52 Å². The molecule has 1 aromatic heterocycles. The standard InChI is InChI=1S/C12H20N2O2S/c1-5-8(3)17-7-11-13-12(16-14-11)10(6-2)9(4)15/h8,10H,5-7H2,1-4H3. The van der Waals surface area contributed by atoms with Crippen LogP contribution in [0.1, 0.15) is 58.2 Å². The molecule has 0 N–H and O–H groups in total. The second-order valence-electron chi connectivity index (χ2n) is 4.15. The molecule has 0 amide bonds. The Labute approximate surface area is 107 Å². The Morgan fingerprint density at radius 1 is 1.41 bits per heavy atom. The van der Waals surface area contributed by atoms with E-state index < -0.39 is 0 Å². The molecule has 1 aromatic rings. The Balaban J connectivity index is 2.61. The topological polar surface area (TPSA) is 56.0 Å². The first-order valence-electron chi connectivity index (χ1n) is 6.02. The van der Waals surface area contributed by atoms with Crippen LogP contribution < -0.4 is 0 Å². The highest BCUT2D eigenvalue weighted by atomic mass is 32.2. The number of aromatic nitrogens is 2. The molecule has 0 bridgehead atoms. The zero-order valence-corrected chi connectivity index (χ0v) is 11.7. The van der Waals surface area contributed by atoms with Crippen molar-refractivity contribution in [2.45, 2.75) is 57.5 Å². The maximum absolute atomic E-state index is 11.4. The van der Waals surface area contributed by atoms with Crippen LogP contribution in [0.2, 0.25) is 0 Å². The van der Waals surface area contributed by atoms with Crippen molar-refractivity contribution in [2.24, 2.45) is 0 Å². The van der Waals surface area contributed by atoms with Gasteiger partial charge in [-0.25, -0.2) is 0 Å². The van der Waals surface area contributed by atoms with Crippen LogP contribution >= 0.6 is 11.8 Å². The summed E-state index contributed by atoms with van der Waals surface area (Å²) in [5.41, 5.74) is 0. The van der Waals surface area contributed by atoms with Crippen molar-refractivity contribution < 1.29 is 9.32 Å². The van der Waals surface area contributed by atoms with Gasteiger partial charge in [-0.05, 0) is 19.8 Å². The molecule has 96 valence electrons. The van der Waals surface area contributed by atoms with Crippen molar-refractivity contribution in [1.82, 2.24) is 10.1 Å². The maximum Gasteiger partial charge on any atom is 0.237 e. The van der Waals surface area contributed by atoms with E-state index in [9.17, 15) is 4.79 Å². The smallest absolute Gasteiger partial charge is 0.237 e. The van der Waals surface area contributed by atoms with E-state index >= 15 is 0 Å². The molecule has 5 heteroatoms. The van der Waals surface area contributed by atoms with Gasteiger partial charge in [0, 0.05) is 5.25 Å². The normalized spacial score (nSPS) is 14.6. The van der Waals surface area contributed by atoms with E-state index in [0.29, 0.717) is 23.4 Å². The highest BCUT2D eigenvalue weighted by molar-refractivity contribution is 7.99. The van der Waals surface area contributed by atoms with Gasteiger partial charge in [0.1, 0.15) is 5.78 Å². The van der Waals surface area contributed by atoms with Crippen LogP contribution in [0.5, 0.6) is 0 Å². The van der Waals surface area contributed by atoms with Crippen LogP contribution in [-0.4, -0.2) is 21.2 Å². The molecule has 0 saturated carbocycles. The maximum atomic E-state index is 11.4. The fourth-order valence-corrected chi connectivity index (χ4v) is 2.22. The van der Waals surface area contributed by atoms with E-state index in [-0.39, 0.29) is 11.7 Å². The number of Topliss-reactive ketones (excluding diaryl/α,β-unsaturated/α-hetero) is 1. The summed E-state index contributed by atoms with van der Waals surface area (Å²) in [6.07, 6.45) is 1.83. The number of hydrogen-bond acceptors (Lipinski definition) is 5. The Morgan fingerprint density at radius 2 is 2.12 bits per heavy atom. The molecule has 2 atom stereocenters. The first-order chi connectivity index (χ1) is 8.08. The van der Waals surface area contributed by atoms with Crippen LogP contribution in [0.25, 0.3) is 0 Å². The van der Waals surface area contributed by atoms with Gasteiger partial charge in [-0.1, -0.05) is 25.9 Å². The molecule has 4 nitrogen and oxygen atoms in total. The highest BCUT2D eigenvalue weighted by Crippen LogP contribution is 2.22. The third-order valence-electron chi connectivity index (χ3n) is 2.75. The van der Waals surface area contributed by atoms with Crippen LogP contribution in [0.4, 0.5) is 0 Å². The predicted molar refractivity (Wildman–Crippen MR) is 69.1 cm³/mol. The second kappa shape index (κ2) is 6.79. The van der Waals surface area contributed by atoms with E-state index in [1.54, 1.807) is 18.7 Å². The van der Waals surface area contributed by atoms with Gasteiger partial charge in [0.15, 0.2) is 5.82 Å². The fourth-order valence-electron chi connectivity index (χ4n) is 1.44. The Bertz CT molecular complexity index is 365. The monoisotopic (exact) mass is 256 g/mol. The third kappa shape index (κ3) is 4.15. The molecule has 2 unspecified atom stereocenters. The molecule has 0 saturated heterocycles. The summed E-state index contributed by atoms with van der Waals surface area (Å²) in [5, 5.41) is 4.50. The zero-order chi connectivity index (χ0) is 12.8. The molecule has 0 radical (unpaired) electrons. The Hall–Kier alpha value is -0.840. The molecule has 0 spiro atoms. The molecule has 1 heterocycles. The number of hydrogen-bond donors (Lipinski definition) is 0. The summed E-state index contributed by atoms with van der Waals surface area (Å²) in [4.78, 5) is 15.7. The minimum absolute atomic E-state index is 0.0808. The first kappa shape index (κ1) is 14.2. The molecule has 0 aliphatic heterocycles. The number of rotatable bonds is 7. The summed E-state index contributed by atoms with van der Waals surface area (Å²) >= 11 is 1.80. The van der Waals surface area contributed by atoms with Gasteiger partial charge in [-0.15, -0.1) is 0 Å². The van der Waals surface area contributed by atoms with Crippen LogP contribution in [0, 0.1) is 0 Å². The second-order valence-corrected chi connectivity index (χ2v) is 5.58. The van der Waals surface area contributed by atoms with Crippen molar-refractivity contribution in [3.63, 3.8) is 0 Å². The molecule has 17 heavy (non-hydrogen) atoms. The van der Waals surface area contributed by atoms with E-state index in [2.05, 4.69) is 24.0 Å². The van der Waals surface area contributed by atoms with Crippen molar-refractivity contribution >= 4 is 17.5 Å². The van der Waals surface area contributed by atoms with Gasteiger partial charge in [0.2, 0.25) is 5.89 Å². The van der Waals surface area contributed by atoms with E-state index in [1.165, 1.54) is 0 Å². The van der Waals surface area contributed by atoms with Gasteiger partial charge < -0.3 is 4.52 Å². The van der Waals surface area contributed by atoms with E-state index in [0.717, 1.165) is 12.2 Å². The summed E-state index contributed by atoms with van der Waals surface area (Å²) in [6.45, 7) is 7.84. The fraction of sp³-hybridized carbons (Fsp3) is 0.750. The number of carbonyl (C=O) groups excluding carboxylic acids is 1. The SMILES string of the molecule is CCC(C)SCc1noc(C(CC)C(C)=O)n1. The Kier molecular flexibility index (Phi) is 5.68. The molecule has 0 aliphatic rings. The van der Waals surface area contributed by atoms with Gasteiger partial charge in [0.05, 0.1) is 11.7 Å². The summed E-state index contributed by atoms with van der Waals surface area (Å²) in [7, 11) is 0.